The van der Waals surface area contributed by atoms with Crippen molar-refractivity contribution in [3.8, 4) is 12.3 Å². The van der Waals surface area contributed by atoms with Crippen molar-refractivity contribution in [2.45, 2.75) is 6.92 Å². The van der Waals surface area contributed by atoms with Gasteiger partial charge in [-0.3, -0.25) is 14.6 Å². The van der Waals surface area contributed by atoms with E-state index in [4.69, 9.17) is 6.42 Å². The van der Waals surface area contributed by atoms with Crippen LogP contribution in [-0.2, 0) is 4.79 Å². The Labute approximate surface area is 79.7 Å². The van der Waals surface area contributed by atoms with Crippen LogP contribution in [0.3, 0.4) is 0 Å². The lowest BCUT2D eigenvalue weighted by Crippen LogP contribution is -2.47. The van der Waals surface area contributed by atoms with Crippen LogP contribution in [0.5, 0.6) is 0 Å². The molecule has 0 atom stereocenters. The highest BCUT2D eigenvalue weighted by Crippen LogP contribution is 2.00. The fraction of sp³-hybridized carbons (Fsp3) is 0.700. The first-order valence-electron chi connectivity index (χ1n) is 4.60. The molecule has 0 aromatic carbocycles. The monoisotopic (exact) mass is 180 g/mol. The van der Waals surface area contributed by atoms with Crippen LogP contribution in [0.4, 0.5) is 0 Å². The highest BCUT2D eigenvalue weighted by atomic mass is 16.1. The smallest absolute Gasteiger partial charge is 0.143 e. The molecule has 1 saturated heterocycles. The van der Waals surface area contributed by atoms with Crippen molar-refractivity contribution in [1.29, 1.82) is 0 Å². The Morgan fingerprint density at radius 1 is 1.31 bits per heavy atom. The van der Waals surface area contributed by atoms with Gasteiger partial charge < -0.3 is 0 Å². The van der Waals surface area contributed by atoms with Gasteiger partial charge in [-0.25, -0.2) is 0 Å². The summed E-state index contributed by atoms with van der Waals surface area (Å²) in [6.45, 7) is 6.84. The highest BCUT2D eigenvalue weighted by Gasteiger charge is 2.16. The Morgan fingerprint density at radius 2 is 1.85 bits per heavy atom. The maximum Gasteiger partial charge on any atom is 0.143 e. The fourth-order valence-electron chi connectivity index (χ4n) is 1.55. The van der Waals surface area contributed by atoms with Gasteiger partial charge in [-0.05, 0) is 6.92 Å². The SMILES string of the molecule is C#CCN1CCN(CC(C)=O)CC1. The molecule has 1 fully saturated rings. The van der Waals surface area contributed by atoms with E-state index in [0.717, 1.165) is 32.7 Å². The summed E-state index contributed by atoms with van der Waals surface area (Å²) in [5.41, 5.74) is 0. The van der Waals surface area contributed by atoms with Crippen molar-refractivity contribution in [2.75, 3.05) is 39.3 Å². The molecule has 0 aromatic rings. The molecule has 1 aliphatic rings. The topological polar surface area (TPSA) is 23.6 Å². The summed E-state index contributed by atoms with van der Waals surface area (Å²) in [7, 11) is 0. The van der Waals surface area contributed by atoms with E-state index in [0.29, 0.717) is 6.54 Å². The third-order valence-electron chi connectivity index (χ3n) is 2.23. The third-order valence-corrected chi connectivity index (χ3v) is 2.23. The lowest BCUT2D eigenvalue weighted by Gasteiger charge is -2.32. The zero-order valence-electron chi connectivity index (χ0n) is 8.12. The minimum absolute atomic E-state index is 0.241. The number of terminal acetylenes is 1. The van der Waals surface area contributed by atoms with Gasteiger partial charge >= 0.3 is 0 Å². The van der Waals surface area contributed by atoms with Gasteiger partial charge in [0.25, 0.3) is 0 Å². The van der Waals surface area contributed by atoms with Crippen LogP contribution in [0.15, 0.2) is 0 Å². The molecule has 72 valence electrons. The number of ketones is 1. The van der Waals surface area contributed by atoms with Gasteiger partial charge in [0.1, 0.15) is 5.78 Å². The summed E-state index contributed by atoms with van der Waals surface area (Å²) in [5.74, 6) is 2.87. The largest absolute Gasteiger partial charge is 0.299 e. The summed E-state index contributed by atoms with van der Waals surface area (Å²) in [5, 5.41) is 0. The number of carbonyl (C=O) groups is 1. The van der Waals surface area contributed by atoms with Gasteiger partial charge in [0.2, 0.25) is 0 Å². The lowest BCUT2D eigenvalue weighted by atomic mass is 10.3. The van der Waals surface area contributed by atoms with Crippen molar-refractivity contribution in [3.05, 3.63) is 0 Å². The maximum atomic E-state index is 10.8. The molecule has 0 amide bonds. The molecule has 13 heavy (non-hydrogen) atoms. The molecule has 3 nitrogen and oxygen atoms in total. The Morgan fingerprint density at radius 3 is 2.31 bits per heavy atom. The van der Waals surface area contributed by atoms with Crippen molar-refractivity contribution in [2.24, 2.45) is 0 Å². The number of carbonyl (C=O) groups excluding carboxylic acids is 1. The number of nitrogens with zero attached hydrogens (tertiary/aromatic N) is 2. The predicted octanol–water partition coefficient (Wildman–Crippen LogP) is -0.174. The molecule has 1 heterocycles. The second-order valence-electron chi connectivity index (χ2n) is 3.46. The van der Waals surface area contributed by atoms with E-state index in [1.54, 1.807) is 6.92 Å². The minimum atomic E-state index is 0.241. The molecule has 0 unspecified atom stereocenters. The number of rotatable bonds is 3. The van der Waals surface area contributed by atoms with E-state index in [9.17, 15) is 4.79 Å². The zero-order valence-corrected chi connectivity index (χ0v) is 8.12. The van der Waals surface area contributed by atoms with E-state index in [2.05, 4.69) is 15.7 Å². The van der Waals surface area contributed by atoms with Gasteiger partial charge in [0.05, 0.1) is 13.1 Å². The van der Waals surface area contributed by atoms with Crippen LogP contribution in [0.25, 0.3) is 0 Å². The molecular weight excluding hydrogens is 164 g/mol. The molecular formula is C10H16N2O. The quantitative estimate of drug-likeness (QED) is 0.563. The van der Waals surface area contributed by atoms with Gasteiger partial charge in [-0.1, -0.05) is 5.92 Å². The lowest BCUT2D eigenvalue weighted by molar-refractivity contribution is -0.118. The summed E-state index contributed by atoms with van der Waals surface area (Å²) >= 11 is 0. The Hall–Kier alpha value is -0.850. The van der Waals surface area contributed by atoms with Crippen LogP contribution in [-0.4, -0.2) is 54.9 Å². The zero-order chi connectivity index (χ0) is 9.68. The number of piperazine rings is 1. The highest BCUT2D eigenvalue weighted by molar-refractivity contribution is 5.77. The second-order valence-corrected chi connectivity index (χ2v) is 3.46. The standard InChI is InChI=1S/C10H16N2O/c1-3-4-11-5-7-12(8-6-11)9-10(2)13/h1H,4-9H2,2H3. The van der Waals surface area contributed by atoms with Crippen LogP contribution >= 0.6 is 0 Å². The van der Waals surface area contributed by atoms with Crippen LogP contribution in [0.2, 0.25) is 0 Å². The molecule has 3 heteroatoms. The number of hydrogen-bond donors (Lipinski definition) is 0. The molecule has 1 aliphatic heterocycles. The number of hydrogen-bond acceptors (Lipinski definition) is 3. The van der Waals surface area contributed by atoms with Gasteiger partial charge in [-0.2, -0.15) is 0 Å². The summed E-state index contributed by atoms with van der Waals surface area (Å²) in [6, 6.07) is 0. The molecule has 0 radical (unpaired) electrons. The van der Waals surface area contributed by atoms with E-state index < -0.39 is 0 Å². The molecule has 0 aromatic heterocycles. The molecule has 0 N–H and O–H groups in total. The van der Waals surface area contributed by atoms with Gasteiger partial charge in [0, 0.05) is 26.2 Å². The summed E-state index contributed by atoms with van der Waals surface area (Å²) in [4.78, 5) is 15.2. The average molecular weight is 180 g/mol. The van der Waals surface area contributed by atoms with E-state index in [1.165, 1.54) is 0 Å². The van der Waals surface area contributed by atoms with Gasteiger partial charge in [0.15, 0.2) is 0 Å². The molecule has 0 aliphatic carbocycles. The molecule has 0 spiro atoms. The van der Waals surface area contributed by atoms with E-state index in [1.807, 2.05) is 0 Å². The van der Waals surface area contributed by atoms with E-state index >= 15 is 0 Å². The molecule has 0 bridgehead atoms. The second kappa shape index (κ2) is 5.00. The first-order valence-corrected chi connectivity index (χ1v) is 4.60. The summed E-state index contributed by atoms with van der Waals surface area (Å²) < 4.78 is 0. The van der Waals surface area contributed by atoms with Crippen LogP contribution < -0.4 is 0 Å². The van der Waals surface area contributed by atoms with Crippen molar-refractivity contribution >= 4 is 5.78 Å². The molecule has 0 saturated carbocycles. The Bertz CT molecular complexity index is 211. The normalized spacial score (nSPS) is 19.7. The van der Waals surface area contributed by atoms with Gasteiger partial charge in [-0.15, -0.1) is 6.42 Å². The first kappa shape index (κ1) is 10.2. The van der Waals surface area contributed by atoms with Crippen LogP contribution in [0, 0.1) is 12.3 Å². The summed E-state index contributed by atoms with van der Waals surface area (Å²) in [6.07, 6.45) is 5.22. The maximum absolute atomic E-state index is 10.8. The Kier molecular flexibility index (Phi) is 3.94. The fourth-order valence-corrected chi connectivity index (χ4v) is 1.55. The first-order chi connectivity index (χ1) is 6.22. The third kappa shape index (κ3) is 3.58. The van der Waals surface area contributed by atoms with Crippen molar-refractivity contribution in [3.63, 3.8) is 0 Å². The molecule has 1 rings (SSSR count). The van der Waals surface area contributed by atoms with Crippen LogP contribution in [0.1, 0.15) is 6.92 Å². The Balaban J connectivity index is 2.23. The predicted molar refractivity (Wildman–Crippen MR) is 52.4 cm³/mol. The average Bonchev–Trinajstić information content (AvgIpc) is 2.08. The minimum Gasteiger partial charge on any atom is -0.299 e. The van der Waals surface area contributed by atoms with Crippen molar-refractivity contribution in [1.82, 2.24) is 9.80 Å². The number of Topliss-reactive ketones (excluding diaryl/α,β-unsaturated/α-hetero) is 1. The van der Waals surface area contributed by atoms with E-state index in [-0.39, 0.29) is 5.78 Å². The van der Waals surface area contributed by atoms with Crippen molar-refractivity contribution < 1.29 is 4.79 Å².